The highest BCUT2D eigenvalue weighted by atomic mass is 16.3. The van der Waals surface area contributed by atoms with E-state index in [9.17, 15) is 5.11 Å². The van der Waals surface area contributed by atoms with Gasteiger partial charge < -0.3 is 10.4 Å². The first-order chi connectivity index (χ1) is 7.59. The van der Waals surface area contributed by atoms with E-state index in [1.54, 1.807) is 0 Å². The Morgan fingerprint density at radius 3 is 2.44 bits per heavy atom. The third-order valence-electron chi connectivity index (χ3n) is 4.77. The first-order valence-electron chi connectivity index (χ1n) is 7.01. The van der Waals surface area contributed by atoms with Crippen molar-refractivity contribution in [3.05, 3.63) is 0 Å². The van der Waals surface area contributed by atoms with Gasteiger partial charge in [-0.1, -0.05) is 33.1 Å². The fourth-order valence-electron chi connectivity index (χ4n) is 3.48. The van der Waals surface area contributed by atoms with Gasteiger partial charge in [0.05, 0.1) is 6.10 Å². The Morgan fingerprint density at radius 2 is 1.88 bits per heavy atom. The van der Waals surface area contributed by atoms with Crippen LogP contribution in [0.4, 0.5) is 0 Å². The van der Waals surface area contributed by atoms with Crippen molar-refractivity contribution in [2.75, 3.05) is 6.54 Å². The summed E-state index contributed by atoms with van der Waals surface area (Å²) in [5.74, 6) is 0.567. The molecule has 0 aliphatic heterocycles. The number of rotatable bonds is 4. The van der Waals surface area contributed by atoms with E-state index in [1.165, 1.54) is 44.9 Å². The molecule has 0 saturated heterocycles. The standard InChI is InChI=1S/C14H27NO/c1-14(2)9-5-8-13(14)15-10-12(16)11-6-3-4-7-11/h11-13,15-16H,3-10H2,1-2H3. The van der Waals surface area contributed by atoms with Gasteiger partial charge in [0.15, 0.2) is 0 Å². The molecule has 2 aliphatic rings. The molecule has 16 heavy (non-hydrogen) atoms. The summed E-state index contributed by atoms with van der Waals surface area (Å²) in [6, 6.07) is 0.614. The van der Waals surface area contributed by atoms with E-state index >= 15 is 0 Å². The summed E-state index contributed by atoms with van der Waals surface area (Å²) in [5.41, 5.74) is 0.426. The molecule has 2 N–H and O–H groups in total. The van der Waals surface area contributed by atoms with Crippen LogP contribution in [0.2, 0.25) is 0 Å². The lowest BCUT2D eigenvalue weighted by Gasteiger charge is -2.30. The number of aliphatic hydroxyl groups is 1. The van der Waals surface area contributed by atoms with E-state index in [2.05, 4.69) is 19.2 Å². The van der Waals surface area contributed by atoms with E-state index in [1.807, 2.05) is 0 Å². The number of hydrogen-bond donors (Lipinski definition) is 2. The largest absolute Gasteiger partial charge is 0.392 e. The second-order valence-corrected chi connectivity index (χ2v) is 6.45. The molecule has 94 valence electrons. The third-order valence-corrected chi connectivity index (χ3v) is 4.77. The molecule has 0 aromatic carbocycles. The number of nitrogens with one attached hydrogen (secondary N) is 1. The number of aliphatic hydroxyl groups excluding tert-OH is 1. The molecule has 2 atom stereocenters. The minimum atomic E-state index is -0.112. The maximum absolute atomic E-state index is 10.1. The molecule has 0 heterocycles. The Kier molecular flexibility index (Phi) is 3.91. The lowest BCUT2D eigenvalue weighted by Crippen LogP contribution is -2.43. The molecule has 2 fully saturated rings. The predicted molar refractivity (Wildman–Crippen MR) is 67.4 cm³/mol. The molecule has 0 spiro atoms. The van der Waals surface area contributed by atoms with Gasteiger partial charge in [-0.25, -0.2) is 0 Å². The molecule has 0 bridgehead atoms. The van der Waals surface area contributed by atoms with Crippen molar-refractivity contribution in [3.63, 3.8) is 0 Å². The lowest BCUT2D eigenvalue weighted by atomic mass is 9.87. The summed E-state index contributed by atoms with van der Waals surface area (Å²) < 4.78 is 0. The highest BCUT2D eigenvalue weighted by Crippen LogP contribution is 2.37. The fourth-order valence-corrected chi connectivity index (χ4v) is 3.48. The highest BCUT2D eigenvalue weighted by molar-refractivity contribution is 4.91. The van der Waals surface area contributed by atoms with Gasteiger partial charge in [0, 0.05) is 12.6 Å². The monoisotopic (exact) mass is 225 g/mol. The second-order valence-electron chi connectivity index (χ2n) is 6.45. The minimum Gasteiger partial charge on any atom is -0.392 e. The minimum absolute atomic E-state index is 0.112. The van der Waals surface area contributed by atoms with Crippen molar-refractivity contribution in [1.82, 2.24) is 5.32 Å². The number of hydrogen-bond acceptors (Lipinski definition) is 2. The average Bonchev–Trinajstić information content (AvgIpc) is 2.83. The summed E-state index contributed by atoms with van der Waals surface area (Å²) in [6.45, 7) is 5.50. The van der Waals surface area contributed by atoms with Crippen molar-refractivity contribution in [1.29, 1.82) is 0 Å². The van der Waals surface area contributed by atoms with Crippen LogP contribution in [0.3, 0.4) is 0 Å². The summed E-state index contributed by atoms with van der Waals surface area (Å²) >= 11 is 0. The molecule has 0 amide bonds. The molecule has 2 rings (SSSR count). The molecule has 2 unspecified atom stereocenters. The van der Waals surface area contributed by atoms with Gasteiger partial charge in [-0.3, -0.25) is 0 Å². The van der Waals surface area contributed by atoms with Crippen molar-refractivity contribution >= 4 is 0 Å². The van der Waals surface area contributed by atoms with Gasteiger partial charge in [-0.05, 0) is 37.0 Å². The first-order valence-corrected chi connectivity index (χ1v) is 7.01. The van der Waals surface area contributed by atoms with E-state index in [4.69, 9.17) is 0 Å². The smallest absolute Gasteiger partial charge is 0.0692 e. The van der Waals surface area contributed by atoms with Gasteiger partial charge in [0.2, 0.25) is 0 Å². The zero-order valence-corrected chi connectivity index (χ0v) is 10.8. The molecule has 2 saturated carbocycles. The van der Waals surface area contributed by atoms with Gasteiger partial charge in [0.1, 0.15) is 0 Å². The van der Waals surface area contributed by atoms with E-state index in [0.29, 0.717) is 17.4 Å². The summed E-state index contributed by atoms with van der Waals surface area (Å²) in [7, 11) is 0. The van der Waals surface area contributed by atoms with Gasteiger partial charge in [-0.15, -0.1) is 0 Å². The van der Waals surface area contributed by atoms with Crippen LogP contribution in [-0.4, -0.2) is 23.8 Å². The SMILES string of the molecule is CC1(C)CCCC1NCC(O)C1CCCC1. The predicted octanol–water partition coefficient (Wildman–Crippen LogP) is 2.71. The Labute approximate surface area is 99.8 Å². The van der Waals surface area contributed by atoms with Crippen molar-refractivity contribution in [3.8, 4) is 0 Å². The summed E-state index contributed by atoms with van der Waals surface area (Å²) in [5, 5.41) is 13.7. The van der Waals surface area contributed by atoms with Crippen molar-refractivity contribution < 1.29 is 5.11 Å². The molecule has 0 aromatic rings. The van der Waals surface area contributed by atoms with E-state index in [-0.39, 0.29) is 6.10 Å². The second kappa shape index (κ2) is 5.05. The normalized spacial score (nSPS) is 32.1. The maximum atomic E-state index is 10.1. The van der Waals surface area contributed by atoms with E-state index in [0.717, 1.165) is 6.54 Å². The average molecular weight is 225 g/mol. The van der Waals surface area contributed by atoms with Crippen LogP contribution in [0, 0.1) is 11.3 Å². The van der Waals surface area contributed by atoms with Gasteiger partial charge in [0.25, 0.3) is 0 Å². The summed E-state index contributed by atoms with van der Waals surface area (Å²) in [4.78, 5) is 0. The fraction of sp³-hybridized carbons (Fsp3) is 1.00. The van der Waals surface area contributed by atoms with Crippen LogP contribution >= 0.6 is 0 Å². The molecular formula is C14H27NO. The third kappa shape index (κ3) is 2.78. The van der Waals surface area contributed by atoms with Crippen LogP contribution in [0.5, 0.6) is 0 Å². The first kappa shape index (κ1) is 12.4. The van der Waals surface area contributed by atoms with Gasteiger partial charge >= 0.3 is 0 Å². The Balaban J connectivity index is 1.74. The highest BCUT2D eigenvalue weighted by Gasteiger charge is 2.34. The Bertz CT molecular complexity index is 221. The topological polar surface area (TPSA) is 32.3 Å². The zero-order chi connectivity index (χ0) is 11.6. The van der Waals surface area contributed by atoms with E-state index < -0.39 is 0 Å². The van der Waals surface area contributed by atoms with Crippen LogP contribution in [-0.2, 0) is 0 Å². The zero-order valence-electron chi connectivity index (χ0n) is 10.8. The van der Waals surface area contributed by atoms with Crippen LogP contribution < -0.4 is 5.32 Å². The molecular weight excluding hydrogens is 198 g/mol. The van der Waals surface area contributed by atoms with Gasteiger partial charge in [-0.2, -0.15) is 0 Å². The Morgan fingerprint density at radius 1 is 1.19 bits per heavy atom. The van der Waals surface area contributed by atoms with Crippen LogP contribution in [0.25, 0.3) is 0 Å². The molecule has 2 aliphatic carbocycles. The van der Waals surface area contributed by atoms with Crippen molar-refractivity contribution in [2.45, 2.75) is 70.9 Å². The van der Waals surface area contributed by atoms with Crippen LogP contribution in [0.15, 0.2) is 0 Å². The quantitative estimate of drug-likeness (QED) is 0.771. The lowest BCUT2D eigenvalue weighted by molar-refractivity contribution is 0.100. The molecule has 2 heteroatoms. The summed E-state index contributed by atoms with van der Waals surface area (Å²) in [6.07, 6.45) is 8.93. The molecule has 0 radical (unpaired) electrons. The molecule has 2 nitrogen and oxygen atoms in total. The molecule has 0 aromatic heterocycles. The van der Waals surface area contributed by atoms with Crippen LogP contribution in [0.1, 0.15) is 58.8 Å². The Hall–Kier alpha value is -0.0800. The van der Waals surface area contributed by atoms with Crippen molar-refractivity contribution in [2.24, 2.45) is 11.3 Å². The maximum Gasteiger partial charge on any atom is 0.0692 e.